The smallest absolute Gasteiger partial charge is 0.335 e. The predicted molar refractivity (Wildman–Crippen MR) is 85.4 cm³/mol. The van der Waals surface area contributed by atoms with Crippen LogP contribution in [0.5, 0.6) is 11.5 Å². The number of carboxylic acids is 1. The van der Waals surface area contributed by atoms with Crippen molar-refractivity contribution in [3.8, 4) is 11.5 Å². The maximum absolute atomic E-state index is 12.0. The van der Waals surface area contributed by atoms with Gasteiger partial charge in [0, 0.05) is 12.6 Å². The van der Waals surface area contributed by atoms with Crippen LogP contribution in [0, 0.1) is 10.1 Å². The van der Waals surface area contributed by atoms with Crippen LogP contribution >= 0.6 is 0 Å². The molecular weight excluding hydrogens is 332 g/mol. The quantitative estimate of drug-likeness (QED) is 0.352. The second kappa shape index (κ2) is 7.30. The van der Waals surface area contributed by atoms with Gasteiger partial charge < -0.3 is 20.6 Å². The van der Waals surface area contributed by atoms with Gasteiger partial charge >= 0.3 is 5.97 Å². The lowest BCUT2D eigenvalue weighted by atomic mass is 10.1. The molecule has 25 heavy (non-hydrogen) atoms. The molecule has 0 aliphatic heterocycles. The van der Waals surface area contributed by atoms with E-state index in [0.29, 0.717) is 5.56 Å². The Kier molecular flexibility index (Phi) is 5.18. The molecule has 0 unspecified atom stereocenters. The first-order valence-corrected chi connectivity index (χ1v) is 7.06. The standard InChI is InChI=1S/C16H14N2O7/c19-13-6-5-12(18(24)25)11(15(13)21)7-14(20)17-8-9-1-3-10(4-2-9)16(22)23/h1-6,19,21H,7-8H2,(H,17,20)(H,22,23). The number of aromatic hydroxyl groups is 2. The lowest BCUT2D eigenvalue weighted by Crippen LogP contribution is -2.25. The minimum absolute atomic E-state index is 0.0755. The maximum Gasteiger partial charge on any atom is 0.335 e. The highest BCUT2D eigenvalue weighted by Gasteiger charge is 2.22. The van der Waals surface area contributed by atoms with Crippen LogP contribution in [0.25, 0.3) is 0 Å². The van der Waals surface area contributed by atoms with Crippen molar-refractivity contribution in [1.29, 1.82) is 0 Å². The maximum atomic E-state index is 12.0. The summed E-state index contributed by atoms with van der Waals surface area (Å²) in [7, 11) is 0. The van der Waals surface area contributed by atoms with Crippen LogP contribution in [0.3, 0.4) is 0 Å². The molecular formula is C16H14N2O7. The van der Waals surface area contributed by atoms with Gasteiger partial charge in [0.25, 0.3) is 5.69 Å². The van der Waals surface area contributed by atoms with Gasteiger partial charge in [0.2, 0.25) is 5.91 Å². The van der Waals surface area contributed by atoms with Gasteiger partial charge in [-0.15, -0.1) is 0 Å². The molecule has 0 bridgehead atoms. The number of aromatic carboxylic acids is 1. The van der Waals surface area contributed by atoms with Crippen molar-refractivity contribution < 1.29 is 29.8 Å². The highest BCUT2D eigenvalue weighted by atomic mass is 16.6. The van der Waals surface area contributed by atoms with Crippen molar-refractivity contribution in [3.05, 3.63) is 63.2 Å². The molecule has 0 saturated carbocycles. The molecule has 0 atom stereocenters. The molecule has 0 aliphatic rings. The molecule has 2 aromatic carbocycles. The number of hydrogen-bond acceptors (Lipinski definition) is 6. The lowest BCUT2D eigenvalue weighted by Gasteiger charge is -2.08. The summed E-state index contributed by atoms with van der Waals surface area (Å²) in [5.41, 5.74) is -0.0247. The molecule has 0 saturated heterocycles. The minimum atomic E-state index is -1.07. The highest BCUT2D eigenvalue weighted by molar-refractivity contribution is 5.87. The van der Waals surface area contributed by atoms with Gasteiger partial charge in [0.05, 0.1) is 22.5 Å². The third kappa shape index (κ3) is 4.22. The number of phenolic OH excluding ortho intramolecular Hbond substituents is 2. The van der Waals surface area contributed by atoms with Gasteiger partial charge in [-0.1, -0.05) is 12.1 Å². The van der Waals surface area contributed by atoms with E-state index in [1.54, 1.807) is 0 Å². The number of nitrogens with zero attached hydrogens (tertiary/aromatic N) is 1. The van der Waals surface area contributed by atoms with Crippen LogP contribution in [0.15, 0.2) is 36.4 Å². The van der Waals surface area contributed by atoms with Gasteiger partial charge in [0.15, 0.2) is 11.5 Å². The first kappa shape index (κ1) is 17.7. The molecule has 130 valence electrons. The zero-order chi connectivity index (χ0) is 18.6. The topological polar surface area (TPSA) is 150 Å². The average Bonchev–Trinajstić information content (AvgIpc) is 2.57. The first-order valence-electron chi connectivity index (χ1n) is 7.06. The first-order chi connectivity index (χ1) is 11.8. The van der Waals surface area contributed by atoms with Crippen LogP contribution in [-0.4, -0.2) is 32.1 Å². The molecule has 0 spiro atoms. The molecule has 9 nitrogen and oxygen atoms in total. The summed E-state index contributed by atoms with van der Waals surface area (Å²) in [6, 6.07) is 7.79. The van der Waals surface area contributed by atoms with Crippen molar-refractivity contribution in [2.75, 3.05) is 0 Å². The monoisotopic (exact) mass is 346 g/mol. The van der Waals surface area contributed by atoms with E-state index in [1.165, 1.54) is 24.3 Å². The number of nitro groups is 1. The molecule has 0 aliphatic carbocycles. The second-order valence-corrected chi connectivity index (χ2v) is 5.14. The minimum Gasteiger partial charge on any atom is -0.504 e. The molecule has 0 radical (unpaired) electrons. The van der Waals surface area contributed by atoms with E-state index in [4.69, 9.17) is 5.11 Å². The van der Waals surface area contributed by atoms with Gasteiger partial charge in [-0.25, -0.2) is 4.79 Å². The predicted octanol–water partition coefficient (Wildman–Crippen LogP) is 1.56. The summed E-state index contributed by atoms with van der Waals surface area (Å²) in [5, 5.41) is 41.5. The van der Waals surface area contributed by atoms with Crippen LogP contribution in [0.1, 0.15) is 21.5 Å². The van der Waals surface area contributed by atoms with Crippen LogP contribution in [0.2, 0.25) is 0 Å². The average molecular weight is 346 g/mol. The second-order valence-electron chi connectivity index (χ2n) is 5.14. The Bertz CT molecular complexity index is 831. The van der Waals surface area contributed by atoms with Crippen molar-refractivity contribution in [2.24, 2.45) is 0 Å². The Balaban J connectivity index is 2.07. The molecule has 0 aromatic heterocycles. The number of carbonyl (C=O) groups is 2. The summed E-state index contributed by atoms with van der Waals surface area (Å²) in [6.07, 6.45) is -0.496. The summed E-state index contributed by atoms with van der Waals surface area (Å²) in [4.78, 5) is 32.9. The summed E-state index contributed by atoms with van der Waals surface area (Å²) in [6.45, 7) is 0.0755. The number of benzene rings is 2. The Morgan fingerprint density at radius 2 is 1.72 bits per heavy atom. The fraction of sp³-hybridized carbons (Fsp3) is 0.125. The van der Waals surface area contributed by atoms with E-state index >= 15 is 0 Å². The van der Waals surface area contributed by atoms with E-state index in [2.05, 4.69) is 5.32 Å². The van der Waals surface area contributed by atoms with Crippen LogP contribution in [-0.2, 0) is 17.8 Å². The van der Waals surface area contributed by atoms with Gasteiger partial charge in [0.1, 0.15) is 0 Å². The summed E-state index contributed by atoms with van der Waals surface area (Å²) < 4.78 is 0. The Morgan fingerprint density at radius 3 is 2.28 bits per heavy atom. The lowest BCUT2D eigenvalue weighted by molar-refractivity contribution is -0.385. The Morgan fingerprint density at radius 1 is 1.08 bits per heavy atom. The molecule has 4 N–H and O–H groups in total. The van der Waals surface area contributed by atoms with E-state index in [9.17, 15) is 29.9 Å². The third-order valence-electron chi connectivity index (χ3n) is 3.46. The molecule has 2 rings (SSSR count). The number of amides is 1. The van der Waals surface area contributed by atoms with Gasteiger partial charge in [-0.3, -0.25) is 14.9 Å². The number of hydrogen-bond donors (Lipinski definition) is 4. The number of phenols is 2. The molecule has 0 heterocycles. The number of nitro benzene ring substituents is 1. The fourth-order valence-electron chi connectivity index (χ4n) is 2.15. The van der Waals surface area contributed by atoms with Crippen molar-refractivity contribution in [2.45, 2.75) is 13.0 Å². The van der Waals surface area contributed by atoms with Crippen molar-refractivity contribution in [3.63, 3.8) is 0 Å². The van der Waals surface area contributed by atoms with E-state index in [-0.39, 0.29) is 17.7 Å². The Labute approximate surface area is 141 Å². The largest absolute Gasteiger partial charge is 0.504 e. The van der Waals surface area contributed by atoms with Crippen molar-refractivity contribution in [1.82, 2.24) is 5.32 Å². The fourth-order valence-corrected chi connectivity index (χ4v) is 2.15. The Hall–Kier alpha value is -3.62. The van der Waals surface area contributed by atoms with E-state index in [0.717, 1.165) is 12.1 Å². The SMILES string of the molecule is O=C(Cc1c([N+](=O)[O-])ccc(O)c1O)NCc1ccc(C(=O)O)cc1. The number of rotatable bonds is 6. The highest BCUT2D eigenvalue weighted by Crippen LogP contribution is 2.35. The zero-order valence-corrected chi connectivity index (χ0v) is 12.8. The number of carbonyl (C=O) groups excluding carboxylic acids is 1. The zero-order valence-electron chi connectivity index (χ0n) is 12.8. The third-order valence-corrected chi connectivity index (χ3v) is 3.46. The normalized spacial score (nSPS) is 10.2. The van der Waals surface area contributed by atoms with E-state index in [1.807, 2.05) is 0 Å². The molecule has 9 heteroatoms. The van der Waals surface area contributed by atoms with E-state index < -0.39 is 40.4 Å². The molecule has 1 amide bonds. The van der Waals surface area contributed by atoms with Crippen molar-refractivity contribution >= 4 is 17.6 Å². The van der Waals surface area contributed by atoms with Gasteiger partial charge in [-0.2, -0.15) is 0 Å². The summed E-state index contributed by atoms with van der Waals surface area (Å²) >= 11 is 0. The van der Waals surface area contributed by atoms with Crippen LogP contribution < -0.4 is 5.32 Å². The number of carboxylic acid groups (broad SMARTS) is 1. The summed E-state index contributed by atoms with van der Waals surface area (Å²) in [5.74, 6) is -2.94. The van der Waals surface area contributed by atoms with Gasteiger partial charge in [-0.05, 0) is 23.8 Å². The van der Waals surface area contributed by atoms with Crippen LogP contribution in [0.4, 0.5) is 5.69 Å². The number of nitrogens with one attached hydrogen (secondary N) is 1. The molecule has 0 fully saturated rings. The molecule has 2 aromatic rings.